The van der Waals surface area contributed by atoms with Crippen molar-refractivity contribution >= 4 is 0 Å². The number of hydrogen-bond acceptors (Lipinski definition) is 0. The minimum Gasteiger partial charge on any atom is -0.0878 e. The summed E-state index contributed by atoms with van der Waals surface area (Å²) in [6.07, 6.45) is 6.60. The molecular formula is C13H22. The van der Waals surface area contributed by atoms with E-state index in [0.29, 0.717) is 5.92 Å². The summed E-state index contributed by atoms with van der Waals surface area (Å²) in [5.41, 5.74) is 4.31. The van der Waals surface area contributed by atoms with Crippen molar-refractivity contribution in [1.29, 1.82) is 0 Å². The van der Waals surface area contributed by atoms with E-state index < -0.39 is 0 Å². The highest BCUT2D eigenvalue weighted by atomic mass is 14.2. The second-order valence-corrected chi connectivity index (χ2v) is 3.53. The molecule has 0 saturated carbocycles. The summed E-state index contributed by atoms with van der Waals surface area (Å²) in [5, 5.41) is 0. The lowest BCUT2D eigenvalue weighted by Gasteiger charge is -2.19. The highest BCUT2D eigenvalue weighted by Gasteiger charge is 2.12. The van der Waals surface area contributed by atoms with E-state index in [9.17, 15) is 0 Å². The van der Waals surface area contributed by atoms with Crippen molar-refractivity contribution in [2.45, 2.75) is 41.5 Å². The van der Waals surface area contributed by atoms with Crippen LogP contribution in [0.2, 0.25) is 0 Å². The molecule has 0 saturated heterocycles. The highest BCUT2D eigenvalue weighted by molar-refractivity contribution is 5.29. The van der Waals surface area contributed by atoms with Gasteiger partial charge in [0.15, 0.2) is 0 Å². The zero-order chi connectivity index (χ0) is 10.4. The van der Waals surface area contributed by atoms with E-state index in [1.54, 1.807) is 0 Å². The summed E-state index contributed by atoms with van der Waals surface area (Å²) in [5.74, 6) is 0.514. The fourth-order valence-corrected chi connectivity index (χ4v) is 1.58. The highest BCUT2D eigenvalue weighted by Crippen LogP contribution is 2.27. The van der Waals surface area contributed by atoms with Gasteiger partial charge in [-0.3, -0.25) is 0 Å². The molecule has 0 fully saturated rings. The zero-order valence-electron chi connectivity index (χ0n) is 9.81. The average molecular weight is 178 g/mol. The molecule has 13 heavy (non-hydrogen) atoms. The molecule has 0 aromatic carbocycles. The minimum absolute atomic E-state index is 0.514. The van der Waals surface area contributed by atoms with Crippen molar-refractivity contribution in [3.05, 3.63) is 34.9 Å². The third-order valence-corrected chi connectivity index (χ3v) is 2.73. The van der Waals surface area contributed by atoms with Crippen LogP contribution in [0.5, 0.6) is 0 Å². The molecule has 0 spiro atoms. The van der Waals surface area contributed by atoms with Crippen LogP contribution >= 0.6 is 0 Å². The fraction of sp³-hybridized carbons (Fsp3) is 0.538. The summed E-state index contributed by atoms with van der Waals surface area (Å²) in [7, 11) is 0. The summed E-state index contributed by atoms with van der Waals surface area (Å²) in [4.78, 5) is 0. The third kappa shape index (κ3) is 3.22. The Bertz CT molecular complexity index is 196. The minimum atomic E-state index is 0.514. The van der Waals surface area contributed by atoms with Crippen LogP contribution in [-0.2, 0) is 0 Å². The Balaban J connectivity index is 4.99. The Morgan fingerprint density at radius 3 is 1.08 bits per heavy atom. The topological polar surface area (TPSA) is 0 Å². The zero-order valence-corrected chi connectivity index (χ0v) is 9.81. The van der Waals surface area contributed by atoms with Gasteiger partial charge in [-0.1, -0.05) is 34.9 Å². The van der Waals surface area contributed by atoms with E-state index in [-0.39, 0.29) is 0 Å². The molecule has 0 aliphatic heterocycles. The van der Waals surface area contributed by atoms with Crippen molar-refractivity contribution in [2.24, 2.45) is 5.92 Å². The SMILES string of the molecule is CC=C(C)C(C(C)=CC)/C(C)=C/C. The molecule has 0 atom stereocenters. The van der Waals surface area contributed by atoms with Gasteiger partial charge in [-0.25, -0.2) is 0 Å². The molecule has 0 aromatic heterocycles. The maximum atomic E-state index is 2.20. The molecule has 0 aliphatic carbocycles. The van der Waals surface area contributed by atoms with Crippen LogP contribution in [-0.4, -0.2) is 0 Å². The van der Waals surface area contributed by atoms with Crippen LogP contribution in [0.4, 0.5) is 0 Å². The molecule has 0 aliphatic rings. The van der Waals surface area contributed by atoms with E-state index in [2.05, 4.69) is 59.8 Å². The van der Waals surface area contributed by atoms with Gasteiger partial charge >= 0.3 is 0 Å². The molecule has 0 bridgehead atoms. The van der Waals surface area contributed by atoms with E-state index >= 15 is 0 Å². The lowest BCUT2D eigenvalue weighted by Crippen LogP contribution is -2.05. The molecular weight excluding hydrogens is 156 g/mol. The largest absolute Gasteiger partial charge is 0.0878 e. The van der Waals surface area contributed by atoms with Crippen LogP contribution in [0.1, 0.15) is 41.5 Å². The van der Waals surface area contributed by atoms with Gasteiger partial charge in [-0.05, 0) is 41.5 Å². The summed E-state index contributed by atoms with van der Waals surface area (Å²) < 4.78 is 0. The van der Waals surface area contributed by atoms with E-state index in [1.807, 2.05) is 0 Å². The predicted octanol–water partition coefficient (Wildman–Crippen LogP) is 4.50. The molecule has 0 aromatic rings. The Morgan fingerprint density at radius 2 is 0.923 bits per heavy atom. The lowest BCUT2D eigenvalue weighted by molar-refractivity contribution is 0.822. The molecule has 0 rings (SSSR count). The van der Waals surface area contributed by atoms with Gasteiger partial charge in [0.2, 0.25) is 0 Å². The molecule has 74 valence electrons. The Morgan fingerprint density at radius 1 is 0.692 bits per heavy atom. The van der Waals surface area contributed by atoms with Crippen molar-refractivity contribution < 1.29 is 0 Å². The average Bonchev–Trinajstić information content (AvgIpc) is 2.16. The van der Waals surface area contributed by atoms with Gasteiger partial charge in [0.1, 0.15) is 0 Å². The Hall–Kier alpha value is -0.780. The van der Waals surface area contributed by atoms with Gasteiger partial charge in [0.05, 0.1) is 0 Å². The predicted molar refractivity (Wildman–Crippen MR) is 61.8 cm³/mol. The second-order valence-electron chi connectivity index (χ2n) is 3.53. The summed E-state index contributed by atoms with van der Waals surface area (Å²) in [6, 6.07) is 0. The van der Waals surface area contributed by atoms with Gasteiger partial charge in [0, 0.05) is 5.92 Å². The quantitative estimate of drug-likeness (QED) is 0.558. The molecule has 0 amide bonds. The van der Waals surface area contributed by atoms with Gasteiger partial charge in [-0.2, -0.15) is 0 Å². The fourth-order valence-electron chi connectivity index (χ4n) is 1.58. The molecule has 0 heteroatoms. The van der Waals surface area contributed by atoms with Crippen LogP contribution in [0, 0.1) is 5.92 Å². The second kappa shape index (κ2) is 5.80. The number of allylic oxidation sites excluding steroid dienone is 6. The lowest BCUT2D eigenvalue weighted by atomic mass is 9.86. The summed E-state index contributed by atoms with van der Waals surface area (Å²) >= 11 is 0. The maximum absolute atomic E-state index is 2.20. The first-order valence-corrected chi connectivity index (χ1v) is 4.96. The monoisotopic (exact) mass is 178 g/mol. The first kappa shape index (κ1) is 12.2. The van der Waals surface area contributed by atoms with Crippen LogP contribution in [0.25, 0.3) is 0 Å². The van der Waals surface area contributed by atoms with Gasteiger partial charge < -0.3 is 0 Å². The summed E-state index contributed by atoms with van der Waals surface area (Å²) in [6.45, 7) is 12.9. The molecule has 0 nitrogen and oxygen atoms in total. The van der Waals surface area contributed by atoms with Crippen LogP contribution in [0.3, 0.4) is 0 Å². The number of hydrogen-bond donors (Lipinski definition) is 0. The van der Waals surface area contributed by atoms with Crippen molar-refractivity contribution in [3.63, 3.8) is 0 Å². The Kier molecular flexibility index (Phi) is 5.45. The standard InChI is InChI=1S/C13H22/c1-7-10(4)13(11(5)8-2)12(6)9-3/h7-9,13H,1-6H3/b10-7+,11-8?,12-9?. The van der Waals surface area contributed by atoms with Crippen LogP contribution in [0.15, 0.2) is 34.9 Å². The first-order chi connectivity index (χ1) is 6.08. The van der Waals surface area contributed by atoms with Crippen molar-refractivity contribution in [2.75, 3.05) is 0 Å². The Labute approximate surface area is 83.0 Å². The van der Waals surface area contributed by atoms with Crippen molar-refractivity contribution in [1.82, 2.24) is 0 Å². The van der Waals surface area contributed by atoms with E-state index in [1.165, 1.54) is 16.7 Å². The third-order valence-electron chi connectivity index (χ3n) is 2.73. The van der Waals surface area contributed by atoms with E-state index in [4.69, 9.17) is 0 Å². The normalized spacial score (nSPS) is 17.5. The molecule has 0 radical (unpaired) electrons. The smallest absolute Gasteiger partial charge is 0.0208 e. The first-order valence-electron chi connectivity index (χ1n) is 4.96. The molecule has 0 heterocycles. The van der Waals surface area contributed by atoms with Gasteiger partial charge in [0.25, 0.3) is 0 Å². The van der Waals surface area contributed by atoms with E-state index in [0.717, 1.165) is 0 Å². The van der Waals surface area contributed by atoms with Crippen molar-refractivity contribution in [3.8, 4) is 0 Å². The van der Waals surface area contributed by atoms with Gasteiger partial charge in [-0.15, -0.1) is 0 Å². The van der Waals surface area contributed by atoms with Crippen LogP contribution < -0.4 is 0 Å². The molecule has 0 unspecified atom stereocenters. The maximum Gasteiger partial charge on any atom is 0.0208 e. The molecule has 0 N–H and O–H groups in total. The number of rotatable bonds is 3.